The summed E-state index contributed by atoms with van der Waals surface area (Å²) < 4.78 is 5.60. The summed E-state index contributed by atoms with van der Waals surface area (Å²) in [6, 6.07) is 14.6. The maximum Gasteiger partial charge on any atom is 0.277 e. The van der Waals surface area contributed by atoms with Crippen LogP contribution >= 0.6 is 23.4 Å². The summed E-state index contributed by atoms with van der Waals surface area (Å²) in [7, 11) is 0. The van der Waals surface area contributed by atoms with E-state index in [1.165, 1.54) is 11.8 Å². The highest BCUT2D eigenvalue weighted by molar-refractivity contribution is 7.99. The average Bonchev–Trinajstić information content (AvgIpc) is 3.02. The summed E-state index contributed by atoms with van der Waals surface area (Å²) >= 11 is 7.04. The van der Waals surface area contributed by atoms with Crippen LogP contribution < -0.4 is 0 Å². The van der Waals surface area contributed by atoms with Gasteiger partial charge in [0, 0.05) is 16.1 Å². The van der Waals surface area contributed by atoms with Crippen LogP contribution in [0.4, 0.5) is 0 Å². The van der Waals surface area contributed by atoms with Crippen molar-refractivity contribution in [3.8, 4) is 11.5 Å². The zero-order chi connectivity index (χ0) is 16.2. The molecule has 6 heteroatoms. The van der Waals surface area contributed by atoms with Crippen LogP contribution in [0.25, 0.3) is 11.5 Å². The fourth-order valence-corrected chi connectivity index (χ4v) is 2.79. The van der Waals surface area contributed by atoms with Crippen molar-refractivity contribution >= 4 is 29.1 Å². The van der Waals surface area contributed by atoms with E-state index in [1.54, 1.807) is 24.3 Å². The maximum atomic E-state index is 12.1. The third kappa shape index (κ3) is 4.00. The van der Waals surface area contributed by atoms with E-state index in [-0.39, 0.29) is 11.5 Å². The van der Waals surface area contributed by atoms with Crippen molar-refractivity contribution in [1.29, 1.82) is 0 Å². The number of aryl methyl sites for hydroxylation is 1. The Morgan fingerprint density at radius 1 is 1.17 bits per heavy atom. The highest BCUT2D eigenvalue weighted by Gasteiger charge is 2.12. The number of rotatable bonds is 5. The Bertz CT molecular complexity index is 831. The van der Waals surface area contributed by atoms with Crippen LogP contribution in [0.2, 0.25) is 5.02 Å². The van der Waals surface area contributed by atoms with Crippen LogP contribution in [0, 0.1) is 6.92 Å². The number of Topliss-reactive ketones (excluding diaryl/α,β-unsaturated/α-hetero) is 1. The minimum absolute atomic E-state index is 0.0121. The molecule has 1 heterocycles. The Morgan fingerprint density at radius 2 is 1.96 bits per heavy atom. The number of hydrogen-bond acceptors (Lipinski definition) is 5. The molecule has 0 aliphatic rings. The molecule has 23 heavy (non-hydrogen) atoms. The second-order valence-corrected chi connectivity index (χ2v) is 6.32. The van der Waals surface area contributed by atoms with Gasteiger partial charge in [0.05, 0.1) is 5.75 Å². The van der Waals surface area contributed by atoms with E-state index in [0.717, 1.165) is 11.1 Å². The Balaban J connectivity index is 1.65. The highest BCUT2D eigenvalue weighted by Crippen LogP contribution is 2.24. The number of carbonyl (C=O) groups is 1. The van der Waals surface area contributed by atoms with Gasteiger partial charge in [-0.15, -0.1) is 10.2 Å². The number of halogens is 1. The molecule has 0 unspecified atom stereocenters. The monoisotopic (exact) mass is 344 g/mol. The molecule has 0 N–H and O–H groups in total. The number of ketones is 1. The lowest BCUT2D eigenvalue weighted by Gasteiger charge is -1.99. The first-order valence-corrected chi connectivity index (χ1v) is 8.30. The molecule has 0 atom stereocenters. The van der Waals surface area contributed by atoms with E-state index in [0.29, 0.717) is 21.7 Å². The summed E-state index contributed by atoms with van der Waals surface area (Å²) in [4.78, 5) is 12.1. The SMILES string of the molecule is Cc1cccc(-c2nnc(SCC(=O)c3ccc(Cl)cc3)o2)c1. The molecule has 0 aliphatic carbocycles. The number of hydrogen-bond donors (Lipinski definition) is 0. The van der Waals surface area contributed by atoms with Gasteiger partial charge < -0.3 is 4.42 Å². The summed E-state index contributed by atoms with van der Waals surface area (Å²) in [5.41, 5.74) is 2.60. The van der Waals surface area contributed by atoms with Gasteiger partial charge in [-0.05, 0) is 43.3 Å². The fraction of sp³-hybridized carbons (Fsp3) is 0.118. The van der Waals surface area contributed by atoms with Crippen LogP contribution in [-0.4, -0.2) is 21.7 Å². The average molecular weight is 345 g/mol. The molecular formula is C17H13ClN2O2S. The normalized spacial score (nSPS) is 10.7. The Morgan fingerprint density at radius 3 is 2.70 bits per heavy atom. The Labute approximate surface area is 142 Å². The van der Waals surface area contributed by atoms with Gasteiger partial charge in [0.25, 0.3) is 5.22 Å². The van der Waals surface area contributed by atoms with Gasteiger partial charge >= 0.3 is 0 Å². The van der Waals surface area contributed by atoms with Crippen LogP contribution in [-0.2, 0) is 0 Å². The van der Waals surface area contributed by atoms with E-state index >= 15 is 0 Å². The van der Waals surface area contributed by atoms with Crippen molar-refractivity contribution in [2.75, 3.05) is 5.75 Å². The smallest absolute Gasteiger partial charge is 0.277 e. The molecule has 1 aromatic heterocycles. The first kappa shape index (κ1) is 15.8. The predicted molar refractivity (Wildman–Crippen MR) is 91.0 cm³/mol. The van der Waals surface area contributed by atoms with Crippen molar-refractivity contribution in [3.05, 3.63) is 64.7 Å². The lowest BCUT2D eigenvalue weighted by Crippen LogP contribution is -2.01. The summed E-state index contributed by atoms with van der Waals surface area (Å²) in [6.45, 7) is 2.00. The molecule has 2 aromatic carbocycles. The molecule has 0 saturated heterocycles. The van der Waals surface area contributed by atoms with E-state index in [1.807, 2.05) is 31.2 Å². The highest BCUT2D eigenvalue weighted by atomic mass is 35.5. The predicted octanol–water partition coefficient (Wildman–Crippen LogP) is 4.67. The summed E-state index contributed by atoms with van der Waals surface area (Å²) in [5.74, 6) is 0.675. The molecule has 116 valence electrons. The maximum absolute atomic E-state index is 12.1. The molecule has 0 saturated carbocycles. The lowest BCUT2D eigenvalue weighted by molar-refractivity contribution is 0.102. The standard InChI is InChI=1S/C17H13ClN2O2S/c1-11-3-2-4-13(9-11)16-19-20-17(22-16)23-10-15(21)12-5-7-14(18)8-6-12/h2-9H,10H2,1H3. The molecule has 0 amide bonds. The lowest BCUT2D eigenvalue weighted by atomic mass is 10.1. The third-order valence-electron chi connectivity index (χ3n) is 3.16. The molecule has 0 spiro atoms. The zero-order valence-electron chi connectivity index (χ0n) is 12.3. The van der Waals surface area contributed by atoms with Crippen LogP contribution in [0.1, 0.15) is 15.9 Å². The van der Waals surface area contributed by atoms with Gasteiger partial charge in [0.1, 0.15) is 0 Å². The molecule has 0 aliphatic heterocycles. The van der Waals surface area contributed by atoms with Gasteiger partial charge in [0.2, 0.25) is 5.89 Å². The van der Waals surface area contributed by atoms with Crippen LogP contribution in [0.5, 0.6) is 0 Å². The summed E-state index contributed by atoms with van der Waals surface area (Å²) in [5, 5.41) is 8.98. The first-order chi connectivity index (χ1) is 11.1. The van der Waals surface area contributed by atoms with Gasteiger partial charge in [-0.25, -0.2) is 0 Å². The summed E-state index contributed by atoms with van der Waals surface area (Å²) in [6.07, 6.45) is 0. The minimum Gasteiger partial charge on any atom is -0.411 e. The van der Waals surface area contributed by atoms with Crippen LogP contribution in [0.15, 0.2) is 58.2 Å². The minimum atomic E-state index is -0.0121. The molecule has 3 rings (SSSR count). The number of nitrogens with zero attached hydrogens (tertiary/aromatic N) is 2. The number of thioether (sulfide) groups is 1. The molecule has 4 nitrogen and oxygen atoms in total. The van der Waals surface area contributed by atoms with Crippen molar-refractivity contribution in [2.24, 2.45) is 0 Å². The van der Waals surface area contributed by atoms with E-state index in [2.05, 4.69) is 10.2 Å². The van der Waals surface area contributed by atoms with Crippen molar-refractivity contribution in [1.82, 2.24) is 10.2 Å². The van der Waals surface area contributed by atoms with Crippen molar-refractivity contribution in [2.45, 2.75) is 12.1 Å². The number of benzene rings is 2. The van der Waals surface area contributed by atoms with Gasteiger partial charge in [-0.1, -0.05) is 41.1 Å². The number of carbonyl (C=O) groups excluding carboxylic acids is 1. The molecule has 3 aromatic rings. The topological polar surface area (TPSA) is 56.0 Å². The first-order valence-electron chi connectivity index (χ1n) is 6.94. The number of aromatic nitrogens is 2. The largest absolute Gasteiger partial charge is 0.411 e. The second kappa shape index (κ2) is 6.98. The fourth-order valence-electron chi connectivity index (χ4n) is 2.01. The van der Waals surface area contributed by atoms with E-state index < -0.39 is 0 Å². The molecule has 0 fully saturated rings. The molecular weight excluding hydrogens is 332 g/mol. The Hall–Kier alpha value is -2.11. The van der Waals surface area contributed by atoms with Gasteiger partial charge in [-0.2, -0.15) is 0 Å². The third-order valence-corrected chi connectivity index (χ3v) is 4.23. The molecule has 0 bridgehead atoms. The zero-order valence-corrected chi connectivity index (χ0v) is 13.9. The van der Waals surface area contributed by atoms with E-state index in [9.17, 15) is 4.79 Å². The quantitative estimate of drug-likeness (QED) is 0.497. The van der Waals surface area contributed by atoms with Gasteiger partial charge in [0.15, 0.2) is 5.78 Å². The van der Waals surface area contributed by atoms with Crippen LogP contribution in [0.3, 0.4) is 0 Å². The van der Waals surface area contributed by atoms with E-state index in [4.69, 9.17) is 16.0 Å². The Kier molecular flexibility index (Phi) is 4.79. The van der Waals surface area contributed by atoms with Crippen molar-refractivity contribution < 1.29 is 9.21 Å². The second-order valence-electron chi connectivity index (χ2n) is 4.96. The van der Waals surface area contributed by atoms with Gasteiger partial charge in [-0.3, -0.25) is 4.79 Å². The molecule has 0 radical (unpaired) electrons. The van der Waals surface area contributed by atoms with Crippen molar-refractivity contribution in [3.63, 3.8) is 0 Å².